The molecule has 0 bridgehead atoms. The molecule has 0 amide bonds. The highest BCUT2D eigenvalue weighted by molar-refractivity contribution is 5.72. The third-order valence-corrected chi connectivity index (χ3v) is 3.05. The van der Waals surface area contributed by atoms with E-state index in [2.05, 4.69) is 15.3 Å². The molecule has 1 aromatic carbocycles. The summed E-state index contributed by atoms with van der Waals surface area (Å²) in [5, 5.41) is 2.95. The number of benzene rings is 1. The van der Waals surface area contributed by atoms with Crippen molar-refractivity contribution in [2.24, 2.45) is 0 Å². The lowest BCUT2D eigenvalue weighted by atomic mass is 10.1. The van der Waals surface area contributed by atoms with Crippen LogP contribution in [-0.2, 0) is 0 Å². The summed E-state index contributed by atoms with van der Waals surface area (Å²) < 4.78 is 16.2. The first-order valence-electron chi connectivity index (χ1n) is 6.22. The number of nitrogens with zero attached hydrogens (tertiary/aromatic N) is 2. The molecule has 0 radical (unpaired) electrons. The fraction of sp³-hybridized carbons (Fsp3) is 0.286. The molecule has 0 spiro atoms. The molecule has 1 aromatic heterocycles. The molecule has 0 saturated heterocycles. The van der Waals surface area contributed by atoms with Gasteiger partial charge in [0.1, 0.15) is 5.75 Å². The number of hydrogen-bond donors (Lipinski definition) is 1. The van der Waals surface area contributed by atoms with E-state index < -0.39 is 0 Å². The zero-order valence-corrected chi connectivity index (χ0v) is 11.6. The summed E-state index contributed by atoms with van der Waals surface area (Å²) in [6.07, 6.45) is 0. The molecule has 0 atom stereocenters. The van der Waals surface area contributed by atoms with E-state index in [0.29, 0.717) is 23.2 Å². The van der Waals surface area contributed by atoms with Crippen molar-refractivity contribution < 1.29 is 14.2 Å². The second kappa shape index (κ2) is 4.88. The summed E-state index contributed by atoms with van der Waals surface area (Å²) in [5.41, 5.74) is 2.50. The van der Waals surface area contributed by atoms with Crippen molar-refractivity contribution in [3.05, 3.63) is 23.9 Å². The summed E-state index contributed by atoms with van der Waals surface area (Å²) in [5.74, 6) is 2.64. The lowest BCUT2D eigenvalue weighted by molar-refractivity contribution is 0.174. The third kappa shape index (κ3) is 2.09. The Kier molecular flexibility index (Phi) is 3.06. The minimum atomic E-state index is 0.229. The Hall–Kier alpha value is -2.50. The van der Waals surface area contributed by atoms with E-state index in [-0.39, 0.29) is 6.79 Å². The van der Waals surface area contributed by atoms with Gasteiger partial charge in [0.25, 0.3) is 0 Å². The van der Waals surface area contributed by atoms with E-state index in [4.69, 9.17) is 14.2 Å². The van der Waals surface area contributed by atoms with E-state index in [9.17, 15) is 0 Å². The molecule has 20 heavy (non-hydrogen) atoms. The van der Waals surface area contributed by atoms with Crippen molar-refractivity contribution in [2.75, 3.05) is 26.3 Å². The second-order valence-electron chi connectivity index (χ2n) is 4.37. The number of ether oxygens (including phenoxy) is 3. The zero-order chi connectivity index (χ0) is 14.1. The average molecular weight is 273 g/mol. The highest BCUT2D eigenvalue weighted by Crippen LogP contribution is 2.42. The van der Waals surface area contributed by atoms with Crippen molar-refractivity contribution in [2.45, 2.75) is 6.92 Å². The van der Waals surface area contributed by atoms with E-state index in [1.54, 1.807) is 14.2 Å². The number of nitrogens with one attached hydrogen (secondary N) is 1. The normalized spacial score (nSPS) is 12.3. The molecule has 6 heteroatoms. The van der Waals surface area contributed by atoms with Crippen LogP contribution in [0.4, 0.5) is 5.95 Å². The average Bonchev–Trinajstić information content (AvgIpc) is 2.92. The molecule has 104 valence electrons. The van der Waals surface area contributed by atoms with Crippen LogP contribution in [-0.4, -0.2) is 30.9 Å². The summed E-state index contributed by atoms with van der Waals surface area (Å²) in [6, 6.07) is 5.59. The van der Waals surface area contributed by atoms with Crippen LogP contribution in [0.3, 0.4) is 0 Å². The number of aryl methyl sites for hydroxylation is 1. The van der Waals surface area contributed by atoms with E-state index in [1.165, 1.54) is 0 Å². The standard InChI is InChI=1S/C14H15N3O3/c1-8-4-10(17-14(15-2)16-8)9-5-12-13(20-7-19-12)6-11(9)18-3/h4-6H,7H2,1-3H3,(H,15,16,17). The third-order valence-electron chi connectivity index (χ3n) is 3.05. The van der Waals surface area contributed by atoms with Crippen molar-refractivity contribution in [1.82, 2.24) is 9.97 Å². The van der Waals surface area contributed by atoms with Crippen LogP contribution < -0.4 is 19.5 Å². The first-order valence-corrected chi connectivity index (χ1v) is 6.22. The van der Waals surface area contributed by atoms with Crippen molar-refractivity contribution in [1.29, 1.82) is 0 Å². The van der Waals surface area contributed by atoms with Gasteiger partial charge in [-0.15, -0.1) is 0 Å². The largest absolute Gasteiger partial charge is 0.496 e. The van der Waals surface area contributed by atoms with Crippen LogP contribution in [0.25, 0.3) is 11.3 Å². The topological polar surface area (TPSA) is 65.5 Å². The van der Waals surface area contributed by atoms with Crippen molar-refractivity contribution >= 4 is 5.95 Å². The summed E-state index contributed by atoms with van der Waals surface area (Å²) in [7, 11) is 3.41. The molecule has 1 aliphatic rings. The van der Waals surface area contributed by atoms with Gasteiger partial charge in [-0.05, 0) is 19.1 Å². The Balaban J connectivity index is 2.16. The Morgan fingerprint density at radius 2 is 1.90 bits per heavy atom. The monoisotopic (exact) mass is 273 g/mol. The lowest BCUT2D eigenvalue weighted by Crippen LogP contribution is -2.00. The molecule has 1 aliphatic heterocycles. The molecule has 3 rings (SSSR count). The van der Waals surface area contributed by atoms with Gasteiger partial charge >= 0.3 is 0 Å². The molecular weight excluding hydrogens is 258 g/mol. The second-order valence-corrected chi connectivity index (χ2v) is 4.37. The van der Waals surface area contributed by atoms with Gasteiger partial charge in [0.05, 0.1) is 12.8 Å². The number of aromatic nitrogens is 2. The van der Waals surface area contributed by atoms with E-state index in [0.717, 1.165) is 17.0 Å². The molecular formula is C14H15N3O3. The maximum absolute atomic E-state index is 5.42. The number of fused-ring (bicyclic) bond motifs is 1. The first-order chi connectivity index (χ1) is 9.71. The minimum Gasteiger partial charge on any atom is -0.496 e. The minimum absolute atomic E-state index is 0.229. The maximum atomic E-state index is 5.42. The molecule has 1 N–H and O–H groups in total. The SMILES string of the molecule is CNc1nc(C)cc(-c2cc3c(cc2OC)OCO3)n1. The van der Waals surface area contributed by atoms with Gasteiger partial charge in [0.15, 0.2) is 11.5 Å². The quantitative estimate of drug-likeness (QED) is 0.925. The number of hydrogen-bond acceptors (Lipinski definition) is 6. The highest BCUT2D eigenvalue weighted by Gasteiger charge is 2.19. The molecule has 2 aromatic rings. The van der Waals surface area contributed by atoms with Gasteiger partial charge in [0, 0.05) is 24.4 Å². The van der Waals surface area contributed by atoms with Gasteiger partial charge < -0.3 is 19.5 Å². The molecule has 0 unspecified atom stereocenters. The molecule has 6 nitrogen and oxygen atoms in total. The number of methoxy groups -OCH3 is 1. The molecule has 0 fully saturated rings. The fourth-order valence-corrected chi connectivity index (χ4v) is 2.11. The smallest absolute Gasteiger partial charge is 0.231 e. The Morgan fingerprint density at radius 1 is 1.15 bits per heavy atom. The lowest BCUT2D eigenvalue weighted by Gasteiger charge is -2.11. The van der Waals surface area contributed by atoms with Gasteiger partial charge in [-0.3, -0.25) is 0 Å². The van der Waals surface area contributed by atoms with E-state index >= 15 is 0 Å². The Morgan fingerprint density at radius 3 is 2.60 bits per heavy atom. The Labute approximate surface area is 116 Å². The predicted octanol–water partition coefficient (Wildman–Crippen LogP) is 2.23. The van der Waals surface area contributed by atoms with Gasteiger partial charge in [-0.25, -0.2) is 9.97 Å². The summed E-state index contributed by atoms with van der Waals surface area (Å²) in [6.45, 7) is 2.15. The van der Waals surface area contributed by atoms with Gasteiger partial charge in [-0.1, -0.05) is 0 Å². The van der Waals surface area contributed by atoms with Crippen LogP contribution in [0, 0.1) is 6.92 Å². The fourth-order valence-electron chi connectivity index (χ4n) is 2.11. The van der Waals surface area contributed by atoms with E-state index in [1.807, 2.05) is 25.1 Å². The van der Waals surface area contributed by atoms with Crippen LogP contribution in [0.1, 0.15) is 5.69 Å². The maximum Gasteiger partial charge on any atom is 0.231 e. The van der Waals surface area contributed by atoms with Crippen LogP contribution in [0.15, 0.2) is 18.2 Å². The van der Waals surface area contributed by atoms with Crippen molar-refractivity contribution in [3.8, 4) is 28.5 Å². The molecule has 0 saturated carbocycles. The van der Waals surface area contributed by atoms with Gasteiger partial charge in [-0.2, -0.15) is 0 Å². The van der Waals surface area contributed by atoms with Crippen LogP contribution in [0.2, 0.25) is 0 Å². The predicted molar refractivity (Wildman–Crippen MR) is 74.4 cm³/mol. The van der Waals surface area contributed by atoms with Crippen LogP contribution in [0.5, 0.6) is 17.2 Å². The summed E-state index contributed by atoms with van der Waals surface area (Å²) >= 11 is 0. The zero-order valence-electron chi connectivity index (χ0n) is 11.6. The highest BCUT2D eigenvalue weighted by atomic mass is 16.7. The Bertz CT molecular complexity index is 658. The number of anilines is 1. The molecule has 0 aliphatic carbocycles. The summed E-state index contributed by atoms with van der Waals surface area (Å²) in [4.78, 5) is 8.74. The van der Waals surface area contributed by atoms with Crippen LogP contribution >= 0.6 is 0 Å². The first kappa shape index (κ1) is 12.5. The van der Waals surface area contributed by atoms with Crippen molar-refractivity contribution in [3.63, 3.8) is 0 Å². The number of rotatable bonds is 3. The van der Waals surface area contributed by atoms with Gasteiger partial charge in [0.2, 0.25) is 12.7 Å². The molecule has 2 heterocycles.